The highest BCUT2D eigenvalue weighted by molar-refractivity contribution is 7.89. The third-order valence-corrected chi connectivity index (χ3v) is 7.68. The maximum Gasteiger partial charge on any atom is 0.243 e. The van der Waals surface area contributed by atoms with Crippen LogP contribution in [0.2, 0.25) is 5.02 Å². The molecule has 3 atom stereocenters. The van der Waals surface area contributed by atoms with Crippen molar-refractivity contribution in [2.24, 2.45) is 5.92 Å². The van der Waals surface area contributed by atoms with Gasteiger partial charge in [0.1, 0.15) is 5.78 Å². The van der Waals surface area contributed by atoms with E-state index in [1.54, 1.807) is 40.7 Å². The van der Waals surface area contributed by atoms with Gasteiger partial charge >= 0.3 is 0 Å². The summed E-state index contributed by atoms with van der Waals surface area (Å²) in [4.78, 5) is 12.8. The van der Waals surface area contributed by atoms with Crippen LogP contribution in [0.1, 0.15) is 36.4 Å². The van der Waals surface area contributed by atoms with Crippen molar-refractivity contribution in [2.45, 2.75) is 43.2 Å². The van der Waals surface area contributed by atoms with Crippen molar-refractivity contribution in [3.05, 3.63) is 64.7 Å². The molecular formula is C20H20ClNO3S. The van der Waals surface area contributed by atoms with E-state index in [1.165, 1.54) is 0 Å². The lowest BCUT2D eigenvalue weighted by Crippen LogP contribution is -2.56. The van der Waals surface area contributed by atoms with Crippen molar-refractivity contribution in [2.75, 3.05) is 0 Å². The number of fused-ring (bicyclic) bond motifs is 3. The van der Waals surface area contributed by atoms with E-state index >= 15 is 0 Å². The molecule has 2 aliphatic heterocycles. The first-order chi connectivity index (χ1) is 12.4. The molecule has 0 spiro atoms. The van der Waals surface area contributed by atoms with E-state index in [1.807, 2.05) is 19.1 Å². The van der Waals surface area contributed by atoms with Crippen molar-refractivity contribution in [3.8, 4) is 0 Å². The highest BCUT2D eigenvalue weighted by Gasteiger charge is 2.52. The number of hydrogen-bond donors (Lipinski definition) is 0. The first-order valence-corrected chi connectivity index (χ1v) is 10.6. The zero-order valence-electron chi connectivity index (χ0n) is 14.4. The summed E-state index contributed by atoms with van der Waals surface area (Å²) in [6.07, 6.45) is 1.77. The average molecular weight is 390 g/mol. The summed E-state index contributed by atoms with van der Waals surface area (Å²) >= 11 is 6.00. The Bertz CT molecular complexity index is 938. The van der Waals surface area contributed by atoms with Crippen molar-refractivity contribution in [1.82, 2.24) is 4.31 Å². The predicted molar refractivity (Wildman–Crippen MR) is 101 cm³/mol. The molecule has 2 aromatic rings. The fourth-order valence-electron chi connectivity index (χ4n) is 4.19. The number of sulfonamides is 1. The number of Topliss-reactive ketones (excluding diaryl/α,β-unsaturated/α-hetero) is 1. The van der Waals surface area contributed by atoms with Crippen LogP contribution in [0.3, 0.4) is 0 Å². The summed E-state index contributed by atoms with van der Waals surface area (Å²) in [5, 5.41) is 0.592. The summed E-state index contributed by atoms with van der Waals surface area (Å²) < 4.78 is 28.4. The number of aryl methyl sites for hydroxylation is 1. The Hall–Kier alpha value is -1.69. The van der Waals surface area contributed by atoms with E-state index in [2.05, 4.69) is 0 Å². The number of benzene rings is 2. The lowest BCUT2D eigenvalue weighted by molar-refractivity contribution is -0.133. The number of nitrogens with zero attached hydrogens (tertiary/aromatic N) is 1. The zero-order chi connectivity index (χ0) is 18.5. The SMILES string of the molecule is Cc1ccc(S(=O)(=O)N2[C@@H]3CC[C@@H](C(=O)C3)[C@@H]2c2ccc(Cl)cc2)cc1. The van der Waals surface area contributed by atoms with Gasteiger partial charge in [-0.3, -0.25) is 4.79 Å². The maximum absolute atomic E-state index is 13.4. The van der Waals surface area contributed by atoms with Crippen LogP contribution in [0.5, 0.6) is 0 Å². The summed E-state index contributed by atoms with van der Waals surface area (Å²) in [6.45, 7) is 1.93. The predicted octanol–water partition coefficient (Wildman–Crippen LogP) is 4.13. The van der Waals surface area contributed by atoms with Gasteiger partial charge in [0.25, 0.3) is 0 Å². The van der Waals surface area contributed by atoms with Gasteiger partial charge in [0.2, 0.25) is 10.0 Å². The molecular weight excluding hydrogens is 370 g/mol. The second-order valence-electron chi connectivity index (χ2n) is 7.15. The van der Waals surface area contributed by atoms with Crippen molar-refractivity contribution < 1.29 is 13.2 Å². The first-order valence-electron chi connectivity index (χ1n) is 8.76. The highest BCUT2D eigenvalue weighted by atomic mass is 35.5. The smallest absolute Gasteiger partial charge is 0.243 e. The van der Waals surface area contributed by atoms with E-state index in [4.69, 9.17) is 11.6 Å². The molecule has 0 amide bonds. The van der Waals surface area contributed by atoms with Crippen LogP contribution in [-0.2, 0) is 14.8 Å². The van der Waals surface area contributed by atoms with Crippen LogP contribution in [0, 0.1) is 12.8 Å². The Kier molecular flexibility index (Phi) is 4.41. The molecule has 3 aliphatic rings. The van der Waals surface area contributed by atoms with Crippen LogP contribution in [-0.4, -0.2) is 24.5 Å². The molecule has 2 saturated heterocycles. The van der Waals surface area contributed by atoms with Gasteiger partial charge in [-0.05, 0) is 49.6 Å². The lowest BCUT2D eigenvalue weighted by atomic mass is 9.73. The van der Waals surface area contributed by atoms with Gasteiger partial charge < -0.3 is 0 Å². The molecule has 0 unspecified atom stereocenters. The van der Waals surface area contributed by atoms with Crippen LogP contribution < -0.4 is 0 Å². The zero-order valence-corrected chi connectivity index (χ0v) is 16.0. The Labute approximate surface area is 158 Å². The van der Waals surface area contributed by atoms with E-state index in [9.17, 15) is 13.2 Å². The lowest BCUT2D eigenvalue weighted by Gasteiger charge is -2.49. The Morgan fingerprint density at radius 2 is 1.65 bits per heavy atom. The molecule has 0 radical (unpaired) electrons. The molecule has 2 heterocycles. The van der Waals surface area contributed by atoms with Crippen molar-refractivity contribution in [1.29, 1.82) is 0 Å². The van der Waals surface area contributed by atoms with Gasteiger partial charge in [0.15, 0.2) is 0 Å². The standard InChI is InChI=1S/C20H20ClNO3S/c1-13-2-9-17(10-3-13)26(24,25)22-16-8-11-18(19(23)12-16)20(22)14-4-6-15(21)7-5-14/h2-7,9-10,16,18,20H,8,11-12H2,1H3/t16-,18+,20+/m1/s1. The van der Waals surface area contributed by atoms with Gasteiger partial charge in [-0.2, -0.15) is 4.31 Å². The number of rotatable bonds is 3. The van der Waals surface area contributed by atoms with E-state index < -0.39 is 16.1 Å². The van der Waals surface area contributed by atoms with Crippen molar-refractivity contribution in [3.63, 3.8) is 0 Å². The van der Waals surface area contributed by atoms with E-state index in [0.29, 0.717) is 11.4 Å². The molecule has 2 bridgehead atoms. The maximum atomic E-state index is 13.4. The fraction of sp³-hybridized carbons (Fsp3) is 0.350. The molecule has 136 valence electrons. The number of hydrogen-bond acceptors (Lipinski definition) is 3. The molecule has 0 aromatic heterocycles. The van der Waals surface area contributed by atoms with E-state index in [-0.39, 0.29) is 22.6 Å². The fourth-order valence-corrected chi connectivity index (χ4v) is 6.18. The van der Waals surface area contributed by atoms with Gasteiger partial charge in [-0.25, -0.2) is 8.42 Å². The molecule has 3 fully saturated rings. The molecule has 1 saturated carbocycles. The minimum Gasteiger partial charge on any atom is -0.299 e. The highest BCUT2D eigenvalue weighted by Crippen LogP contribution is 2.48. The summed E-state index contributed by atoms with van der Waals surface area (Å²) in [5.74, 6) is -0.127. The normalized spacial score (nSPS) is 26.2. The number of carbonyl (C=O) groups excluding carboxylic acids is 1. The largest absolute Gasteiger partial charge is 0.299 e. The number of carbonyl (C=O) groups is 1. The van der Waals surface area contributed by atoms with Gasteiger partial charge in [0.05, 0.1) is 10.9 Å². The van der Waals surface area contributed by atoms with Crippen LogP contribution >= 0.6 is 11.6 Å². The molecule has 4 nitrogen and oxygen atoms in total. The molecule has 2 aromatic carbocycles. The summed E-state index contributed by atoms with van der Waals surface area (Å²) in [5.41, 5.74) is 1.83. The van der Waals surface area contributed by atoms with Gasteiger partial charge in [-0.15, -0.1) is 0 Å². The summed E-state index contributed by atoms with van der Waals surface area (Å²) in [6, 6.07) is 13.3. The Balaban J connectivity index is 1.82. The van der Waals surface area contributed by atoms with Crippen LogP contribution in [0.15, 0.2) is 53.4 Å². The van der Waals surface area contributed by atoms with Crippen LogP contribution in [0.4, 0.5) is 0 Å². The molecule has 0 N–H and O–H groups in total. The molecule has 5 rings (SSSR count). The Morgan fingerprint density at radius 1 is 1.00 bits per heavy atom. The third kappa shape index (κ3) is 2.88. The Morgan fingerprint density at radius 3 is 2.27 bits per heavy atom. The van der Waals surface area contributed by atoms with Gasteiger partial charge in [-0.1, -0.05) is 41.4 Å². The monoisotopic (exact) mass is 389 g/mol. The minimum atomic E-state index is -3.69. The van der Waals surface area contributed by atoms with Gasteiger partial charge in [0, 0.05) is 23.4 Å². The number of piperidine rings is 2. The first kappa shape index (κ1) is 17.7. The number of ketones is 1. The molecule has 6 heteroatoms. The quantitative estimate of drug-likeness (QED) is 0.793. The van der Waals surface area contributed by atoms with E-state index in [0.717, 1.165) is 24.0 Å². The average Bonchev–Trinajstić information content (AvgIpc) is 2.62. The third-order valence-electron chi connectivity index (χ3n) is 5.48. The number of halogens is 1. The second kappa shape index (κ2) is 6.48. The second-order valence-corrected chi connectivity index (χ2v) is 9.43. The molecule has 1 aliphatic carbocycles. The van der Waals surface area contributed by atoms with Crippen molar-refractivity contribution >= 4 is 27.4 Å². The topological polar surface area (TPSA) is 54.5 Å². The summed E-state index contributed by atoms with van der Waals surface area (Å²) in [7, 11) is -3.69. The minimum absolute atomic E-state index is 0.163. The van der Waals surface area contributed by atoms with Crippen LogP contribution in [0.25, 0.3) is 0 Å². The molecule has 26 heavy (non-hydrogen) atoms.